The molecule has 4 atom stereocenters. The van der Waals surface area contributed by atoms with Gasteiger partial charge in [-0.15, -0.1) is 0 Å². The van der Waals surface area contributed by atoms with Crippen molar-refractivity contribution in [1.82, 2.24) is 0 Å². The quantitative estimate of drug-likeness (QED) is 0.752. The smallest absolute Gasteiger partial charge is 0.0908 e. The van der Waals surface area contributed by atoms with Gasteiger partial charge in [0.2, 0.25) is 0 Å². The maximum absolute atomic E-state index is 10.8. The summed E-state index contributed by atoms with van der Waals surface area (Å²) < 4.78 is 5.23. The zero-order chi connectivity index (χ0) is 12.9. The normalized spacial score (nSPS) is 33.4. The third kappa shape index (κ3) is 3.94. The lowest BCUT2D eigenvalue weighted by atomic mass is 9.68. The molecule has 0 aromatic rings. The van der Waals surface area contributed by atoms with Crippen LogP contribution in [0, 0.1) is 17.8 Å². The summed E-state index contributed by atoms with van der Waals surface area (Å²) in [5.74, 6) is 1.86. The summed E-state index contributed by atoms with van der Waals surface area (Å²) in [4.78, 5) is 0. The summed E-state index contributed by atoms with van der Waals surface area (Å²) in [6.07, 6.45) is 5.10. The van der Waals surface area contributed by atoms with Gasteiger partial charge in [0.05, 0.1) is 12.2 Å². The number of rotatable bonds is 6. The highest BCUT2D eigenvalue weighted by molar-refractivity contribution is 4.91. The minimum atomic E-state index is -0.664. The minimum absolute atomic E-state index is 0.375. The van der Waals surface area contributed by atoms with E-state index in [0.717, 1.165) is 31.6 Å². The van der Waals surface area contributed by atoms with Gasteiger partial charge in [0.25, 0.3) is 0 Å². The molecule has 0 aliphatic heterocycles. The maximum Gasteiger partial charge on any atom is 0.0908 e. The average Bonchev–Trinajstić information content (AvgIpc) is 2.30. The van der Waals surface area contributed by atoms with Crippen molar-refractivity contribution in [3.63, 3.8) is 0 Å². The minimum Gasteiger partial charge on any atom is -0.387 e. The van der Waals surface area contributed by atoms with E-state index in [2.05, 4.69) is 13.8 Å². The van der Waals surface area contributed by atoms with Crippen LogP contribution in [0.3, 0.4) is 0 Å². The lowest BCUT2D eigenvalue weighted by Crippen LogP contribution is -2.45. The van der Waals surface area contributed by atoms with E-state index in [9.17, 15) is 5.11 Å². The number of hydrogen-bond donors (Lipinski definition) is 2. The highest BCUT2D eigenvalue weighted by atomic mass is 16.5. The van der Waals surface area contributed by atoms with Crippen molar-refractivity contribution < 1.29 is 9.84 Å². The summed E-state index contributed by atoms with van der Waals surface area (Å²) in [6.45, 7) is 5.70. The Labute approximate surface area is 106 Å². The molecule has 1 saturated carbocycles. The Hall–Kier alpha value is -0.120. The van der Waals surface area contributed by atoms with Crippen LogP contribution in [-0.4, -0.2) is 31.0 Å². The van der Waals surface area contributed by atoms with Crippen molar-refractivity contribution in [3.05, 3.63) is 0 Å². The molecule has 0 radical (unpaired) electrons. The lowest BCUT2D eigenvalue weighted by Gasteiger charge is -2.42. The Kier molecular flexibility index (Phi) is 5.90. The average molecular weight is 243 g/mol. The number of nitrogens with two attached hydrogens (primary N) is 1. The fourth-order valence-corrected chi connectivity index (χ4v) is 3.09. The molecule has 1 rings (SSSR count). The summed E-state index contributed by atoms with van der Waals surface area (Å²) in [6, 6.07) is 0. The fourth-order valence-electron chi connectivity index (χ4n) is 3.09. The predicted molar refractivity (Wildman–Crippen MR) is 70.8 cm³/mol. The molecule has 1 fully saturated rings. The molecule has 0 heterocycles. The molecule has 3 heteroatoms. The Bertz CT molecular complexity index is 222. The van der Waals surface area contributed by atoms with Crippen LogP contribution in [0.2, 0.25) is 0 Å². The van der Waals surface area contributed by atoms with E-state index in [1.54, 1.807) is 7.11 Å². The van der Waals surface area contributed by atoms with Crippen molar-refractivity contribution in [2.24, 2.45) is 23.5 Å². The van der Waals surface area contributed by atoms with E-state index >= 15 is 0 Å². The van der Waals surface area contributed by atoms with Crippen LogP contribution in [-0.2, 0) is 4.74 Å². The number of hydrogen-bond acceptors (Lipinski definition) is 3. The van der Waals surface area contributed by atoms with Gasteiger partial charge in [0.15, 0.2) is 0 Å². The fraction of sp³-hybridized carbons (Fsp3) is 1.00. The third-order valence-electron chi connectivity index (χ3n) is 4.57. The van der Waals surface area contributed by atoms with Crippen LogP contribution in [0.1, 0.15) is 46.0 Å². The summed E-state index contributed by atoms with van der Waals surface area (Å²) >= 11 is 0. The van der Waals surface area contributed by atoms with Crippen molar-refractivity contribution in [1.29, 1.82) is 0 Å². The van der Waals surface area contributed by atoms with Crippen LogP contribution in [0.5, 0.6) is 0 Å². The monoisotopic (exact) mass is 243 g/mol. The van der Waals surface area contributed by atoms with E-state index < -0.39 is 5.60 Å². The van der Waals surface area contributed by atoms with Gasteiger partial charge >= 0.3 is 0 Å². The molecule has 0 saturated heterocycles. The molecule has 0 bridgehead atoms. The molecule has 0 aromatic carbocycles. The van der Waals surface area contributed by atoms with Crippen LogP contribution in [0.4, 0.5) is 0 Å². The first-order valence-corrected chi connectivity index (χ1v) is 6.95. The van der Waals surface area contributed by atoms with Crippen molar-refractivity contribution >= 4 is 0 Å². The van der Waals surface area contributed by atoms with Gasteiger partial charge in [-0.2, -0.15) is 0 Å². The van der Waals surface area contributed by atoms with Crippen LogP contribution in [0.15, 0.2) is 0 Å². The molecule has 0 amide bonds. The summed E-state index contributed by atoms with van der Waals surface area (Å²) in [5.41, 5.74) is 4.89. The molecule has 102 valence electrons. The third-order valence-corrected chi connectivity index (χ3v) is 4.57. The van der Waals surface area contributed by atoms with Crippen LogP contribution < -0.4 is 5.73 Å². The van der Waals surface area contributed by atoms with Crippen LogP contribution in [0.25, 0.3) is 0 Å². The Morgan fingerprint density at radius 2 is 2.00 bits per heavy atom. The topological polar surface area (TPSA) is 55.5 Å². The standard InChI is InChI=1S/C14H29NO2/c1-11-5-6-13(9-12(11)2)14(16,10-17-3)7-4-8-15/h11-13,16H,4-10,15H2,1-3H3. The van der Waals surface area contributed by atoms with Gasteiger partial charge < -0.3 is 15.6 Å². The number of methoxy groups -OCH3 is 1. The molecule has 3 N–H and O–H groups in total. The van der Waals surface area contributed by atoms with Gasteiger partial charge in [0.1, 0.15) is 0 Å². The highest BCUT2D eigenvalue weighted by Gasteiger charge is 2.39. The molecule has 0 spiro atoms. The second-order valence-electron chi connectivity index (χ2n) is 5.89. The van der Waals surface area contributed by atoms with Crippen molar-refractivity contribution in [3.8, 4) is 0 Å². The first kappa shape index (κ1) is 14.9. The Balaban J connectivity index is 2.62. The van der Waals surface area contributed by atoms with E-state index in [1.807, 2.05) is 0 Å². The van der Waals surface area contributed by atoms with Gasteiger partial charge in [-0.25, -0.2) is 0 Å². The molecule has 0 aromatic heterocycles. The molecular weight excluding hydrogens is 214 g/mol. The van der Waals surface area contributed by atoms with Gasteiger partial charge in [-0.1, -0.05) is 20.3 Å². The summed E-state index contributed by atoms with van der Waals surface area (Å²) in [7, 11) is 1.67. The summed E-state index contributed by atoms with van der Waals surface area (Å²) in [5, 5.41) is 10.8. The highest BCUT2D eigenvalue weighted by Crippen LogP contribution is 2.40. The van der Waals surface area contributed by atoms with Gasteiger partial charge in [0, 0.05) is 7.11 Å². The van der Waals surface area contributed by atoms with Gasteiger partial charge in [-0.3, -0.25) is 0 Å². The zero-order valence-corrected chi connectivity index (χ0v) is 11.6. The first-order chi connectivity index (χ1) is 8.03. The number of ether oxygens (including phenoxy) is 1. The second kappa shape index (κ2) is 6.72. The largest absolute Gasteiger partial charge is 0.387 e. The van der Waals surface area contributed by atoms with E-state index in [-0.39, 0.29) is 0 Å². The predicted octanol–water partition coefficient (Wildman–Crippen LogP) is 2.18. The van der Waals surface area contributed by atoms with Crippen LogP contribution >= 0.6 is 0 Å². The first-order valence-electron chi connectivity index (χ1n) is 6.95. The van der Waals surface area contributed by atoms with Crippen molar-refractivity contribution in [2.45, 2.75) is 51.6 Å². The molecule has 1 aliphatic rings. The van der Waals surface area contributed by atoms with E-state index in [1.165, 1.54) is 6.42 Å². The molecule has 4 unspecified atom stereocenters. The molecule has 17 heavy (non-hydrogen) atoms. The lowest BCUT2D eigenvalue weighted by molar-refractivity contribution is -0.0983. The van der Waals surface area contributed by atoms with Crippen molar-refractivity contribution in [2.75, 3.05) is 20.3 Å². The SMILES string of the molecule is COCC(O)(CCCN)C1CCC(C)C(C)C1. The Morgan fingerprint density at radius 1 is 1.29 bits per heavy atom. The number of aliphatic hydroxyl groups is 1. The van der Waals surface area contributed by atoms with E-state index in [0.29, 0.717) is 25.0 Å². The Morgan fingerprint density at radius 3 is 2.53 bits per heavy atom. The van der Waals surface area contributed by atoms with Gasteiger partial charge in [-0.05, 0) is 50.0 Å². The second-order valence-corrected chi connectivity index (χ2v) is 5.89. The molecule has 1 aliphatic carbocycles. The molecule has 3 nitrogen and oxygen atoms in total. The maximum atomic E-state index is 10.8. The van der Waals surface area contributed by atoms with E-state index in [4.69, 9.17) is 10.5 Å². The molecular formula is C14H29NO2. The zero-order valence-electron chi connectivity index (χ0n) is 11.6.